The third kappa shape index (κ3) is 3.72. The molecule has 1 aromatic carbocycles. The maximum Gasteiger partial charge on any atom is 0.326 e. The molecule has 6 nitrogen and oxygen atoms in total. The fourth-order valence-electron chi connectivity index (χ4n) is 4.04. The number of hydrogen-bond donors (Lipinski definition) is 1. The summed E-state index contributed by atoms with van der Waals surface area (Å²) in [5.41, 5.74) is 2.43. The Morgan fingerprint density at radius 3 is 2.50 bits per heavy atom. The lowest BCUT2D eigenvalue weighted by Gasteiger charge is -2.23. The summed E-state index contributed by atoms with van der Waals surface area (Å²) in [6, 6.07) is 11.6. The van der Waals surface area contributed by atoms with Crippen molar-refractivity contribution in [1.29, 1.82) is 0 Å². The molecule has 0 radical (unpaired) electrons. The predicted molar refractivity (Wildman–Crippen MR) is 110 cm³/mol. The summed E-state index contributed by atoms with van der Waals surface area (Å²) >= 11 is 0. The van der Waals surface area contributed by atoms with Crippen LogP contribution in [0.15, 0.2) is 42.6 Å². The summed E-state index contributed by atoms with van der Waals surface area (Å²) in [6.07, 6.45) is 7.19. The van der Waals surface area contributed by atoms with Crippen LogP contribution in [-0.4, -0.2) is 41.0 Å². The summed E-state index contributed by atoms with van der Waals surface area (Å²) in [5, 5.41) is 2.86. The molecule has 2 heterocycles. The van der Waals surface area contributed by atoms with Gasteiger partial charge >= 0.3 is 6.03 Å². The number of nitrogens with one attached hydrogen (secondary N) is 1. The number of carbonyl (C=O) groups excluding carboxylic acids is 2. The molecule has 1 aromatic heterocycles. The number of hydrogen-bond acceptors (Lipinski definition) is 3. The third-order valence-corrected chi connectivity index (χ3v) is 5.71. The van der Waals surface area contributed by atoms with Gasteiger partial charge in [-0.15, -0.1) is 0 Å². The summed E-state index contributed by atoms with van der Waals surface area (Å²) in [4.78, 5) is 33.3. The molecule has 3 amide bonds. The fourth-order valence-corrected chi connectivity index (χ4v) is 4.04. The highest BCUT2D eigenvalue weighted by atomic mass is 16.2. The van der Waals surface area contributed by atoms with Crippen LogP contribution in [0.4, 0.5) is 16.3 Å². The van der Waals surface area contributed by atoms with Gasteiger partial charge in [0.25, 0.3) is 5.91 Å². The van der Waals surface area contributed by atoms with Crippen molar-refractivity contribution in [3.63, 3.8) is 0 Å². The second-order valence-corrected chi connectivity index (χ2v) is 7.48. The van der Waals surface area contributed by atoms with E-state index in [0.29, 0.717) is 29.7 Å². The van der Waals surface area contributed by atoms with E-state index in [9.17, 15) is 9.59 Å². The molecule has 0 atom stereocenters. The summed E-state index contributed by atoms with van der Waals surface area (Å²) in [5.74, 6) is 0.470. The molecule has 4 rings (SSSR count). The molecule has 2 aromatic rings. The quantitative estimate of drug-likeness (QED) is 0.852. The lowest BCUT2D eigenvalue weighted by molar-refractivity contribution is 0.102. The second-order valence-electron chi connectivity index (χ2n) is 7.48. The Bertz CT molecular complexity index is 842. The minimum absolute atomic E-state index is 0.0483. The first-order chi connectivity index (χ1) is 13.7. The Balaban J connectivity index is 1.39. The van der Waals surface area contributed by atoms with Gasteiger partial charge in [0.05, 0.1) is 11.9 Å². The molecule has 28 heavy (non-hydrogen) atoms. The maximum absolute atomic E-state index is 12.7. The first kappa shape index (κ1) is 18.5. The molecular weight excluding hydrogens is 352 g/mol. The van der Waals surface area contributed by atoms with Crippen LogP contribution >= 0.6 is 0 Å². The van der Waals surface area contributed by atoms with E-state index in [1.54, 1.807) is 23.2 Å². The van der Waals surface area contributed by atoms with Crippen molar-refractivity contribution >= 4 is 23.4 Å². The van der Waals surface area contributed by atoms with Crippen molar-refractivity contribution in [3.8, 4) is 0 Å². The predicted octanol–water partition coefficient (Wildman–Crippen LogP) is 4.08. The normalized spacial score (nSPS) is 17.4. The van der Waals surface area contributed by atoms with Gasteiger partial charge in [-0.1, -0.05) is 31.9 Å². The molecule has 6 heteroatoms. The average Bonchev–Trinajstić information content (AvgIpc) is 3.38. The van der Waals surface area contributed by atoms with Gasteiger partial charge in [0, 0.05) is 24.7 Å². The first-order valence-corrected chi connectivity index (χ1v) is 10.1. The van der Waals surface area contributed by atoms with Gasteiger partial charge in [-0.2, -0.15) is 0 Å². The van der Waals surface area contributed by atoms with Crippen LogP contribution in [0.25, 0.3) is 0 Å². The number of urea groups is 1. The standard InChI is InChI=1S/C22H26N4O2/c1-2-16-7-9-17(10-8-16)21(27)24-18-11-12-20(23-15-18)26-14-13-25(22(26)28)19-5-3-4-6-19/h7-12,15,19H,2-6,13-14H2,1H3,(H,24,27). The molecule has 1 aliphatic carbocycles. The molecule has 1 N–H and O–H groups in total. The summed E-state index contributed by atoms with van der Waals surface area (Å²) in [7, 11) is 0. The number of nitrogens with zero attached hydrogens (tertiary/aromatic N) is 3. The van der Waals surface area contributed by atoms with Crippen molar-refractivity contribution in [3.05, 3.63) is 53.7 Å². The SMILES string of the molecule is CCc1ccc(C(=O)Nc2ccc(N3CCN(C4CCCC4)C3=O)nc2)cc1. The zero-order chi connectivity index (χ0) is 19.5. The minimum Gasteiger partial charge on any atom is -0.321 e. The Morgan fingerprint density at radius 1 is 1.11 bits per heavy atom. The molecule has 1 saturated heterocycles. The highest BCUT2D eigenvalue weighted by Gasteiger charge is 2.36. The zero-order valence-electron chi connectivity index (χ0n) is 16.2. The van der Waals surface area contributed by atoms with Crippen molar-refractivity contribution in [2.45, 2.75) is 45.1 Å². The Labute approximate surface area is 165 Å². The van der Waals surface area contributed by atoms with E-state index in [1.165, 1.54) is 18.4 Å². The smallest absolute Gasteiger partial charge is 0.321 e. The highest BCUT2D eigenvalue weighted by Crippen LogP contribution is 2.28. The molecule has 1 aliphatic heterocycles. The highest BCUT2D eigenvalue weighted by molar-refractivity contribution is 6.04. The topological polar surface area (TPSA) is 65.5 Å². The van der Waals surface area contributed by atoms with Crippen molar-refractivity contribution < 1.29 is 9.59 Å². The van der Waals surface area contributed by atoms with E-state index < -0.39 is 0 Å². The number of aromatic nitrogens is 1. The van der Waals surface area contributed by atoms with Crippen LogP contribution in [0.5, 0.6) is 0 Å². The molecular formula is C22H26N4O2. The van der Waals surface area contributed by atoms with Gasteiger partial charge < -0.3 is 10.2 Å². The number of rotatable bonds is 5. The Kier molecular flexibility index (Phi) is 5.28. The van der Waals surface area contributed by atoms with Gasteiger partial charge in [-0.25, -0.2) is 9.78 Å². The summed E-state index contributed by atoms with van der Waals surface area (Å²) in [6.45, 7) is 3.51. The molecule has 0 bridgehead atoms. The number of aryl methyl sites for hydroxylation is 1. The number of benzene rings is 1. The average molecular weight is 378 g/mol. The van der Waals surface area contributed by atoms with E-state index >= 15 is 0 Å². The van der Waals surface area contributed by atoms with Gasteiger partial charge in [0.1, 0.15) is 5.82 Å². The first-order valence-electron chi connectivity index (χ1n) is 10.1. The van der Waals surface area contributed by atoms with E-state index in [0.717, 1.165) is 25.8 Å². The molecule has 0 unspecified atom stereocenters. The van der Waals surface area contributed by atoms with Crippen LogP contribution in [0.1, 0.15) is 48.5 Å². The number of anilines is 2. The zero-order valence-corrected chi connectivity index (χ0v) is 16.2. The van der Waals surface area contributed by atoms with Crippen molar-refractivity contribution in [2.75, 3.05) is 23.3 Å². The Morgan fingerprint density at radius 2 is 1.86 bits per heavy atom. The second kappa shape index (κ2) is 8.00. The number of amides is 3. The van der Waals surface area contributed by atoms with Crippen molar-refractivity contribution in [2.24, 2.45) is 0 Å². The lowest BCUT2D eigenvalue weighted by atomic mass is 10.1. The largest absolute Gasteiger partial charge is 0.326 e. The maximum atomic E-state index is 12.7. The van der Waals surface area contributed by atoms with E-state index in [-0.39, 0.29) is 11.9 Å². The molecule has 1 saturated carbocycles. The van der Waals surface area contributed by atoms with Gasteiger partial charge in [0.2, 0.25) is 0 Å². The monoisotopic (exact) mass is 378 g/mol. The number of pyridine rings is 1. The summed E-state index contributed by atoms with van der Waals surface area (Å²) < 4.78 is 0. The van der Waals surface area contributed by atoms with Crippen LogP contribution in [0.3, 0.4) is 0 Å². The van der Waals surface area contributed by atoms with Crippen LogP contribution in [-0.2, 0) is 6.42 Å². The lowest BCUT2D eigenvalue weighted by Crippen LogP contribution is -2.38. The minimum atomic E-state index is -0.165. The molecule has 2 fully saturated rings. The van der Waals surface area contributed by atoms with Crippen LogP contribution in [0, 0.1) is 0 Å². The van der Waals surface area contributed by atoms with Gasteiger partial charge in [0.15, 0.2) is 0 Å². The fraction of sp³-hybridized carbons (Fsp3) is 0.409. The van der Waals surface area contributed by atoms with E-state index in [4.69, 9.17) is 0 Å². The van der Waals surface area contributed by atoms with Crippen LogP contribution < -0.4 is 10.2 Å². The van der Waals surface area contributed by atoms with Crippen LogP contribution in [0.2, 0.25) is 0 Å². The molecule has 146 valence electrons. The van der Waals surface area contributed by atoms with Gasteiger partial charge in [-0.3, -0.25) is 9.69 Å². The molecule has 2 aliphatic rings. The Hall–Kier alpha value is -2.89. The number of carbonyl (C=O) groups is 2. The molecule has 0 spiro atoms. The van der Waals surface area contributed by atoms with Crippen molar-refractivity contribution in [1.82, 2.24) is 9.88 Å². The van der Waals surface area contributed by atoms with Gasteiger partial charge in [-0.05, 0) is 49.1 Å². The van der Waals surface area contributed by atoms with E-state index in [2.05, 4.69) is 17.2 Å². The van der Waals surface area contributed by atoms with E-state index in [1.807, 2.05) is 29.2 Å². The third-order valence-electron chi connectivity index (χ3n) is 5.71.